The summed E-state index contributed by atoms with van der Waals surface area (Å²) < 4.78 is 16.9. The van der Waals surface area contributed by atoms with Gasteiger partial charge in [0.15, 0.2) is 5.75 Å². The lowest BCUT2D eigenvalue weighted by atomic mass is 10.2. The van der Waals surface area contributed by atoms with Crippen molar-refractivity contribution in [1.82, 2.24) is 4.98 Å². The fourth-order valence-corrected chi connectivity index (χ4v) is 1.43. The number of aromatic nitrogens is 1. The van der Waals surface area contributed by atoms with E-state index in [0.29, 0.717) is 17.4 Å². The lowest BCUT2D eigenvalue weighted by molar-refractivity contribution is 0.121. The van der Waals surface area contributed by atoms with Gasteiger partial charge in [-0.1, -0.05) is 0 Å². The lowest BCUT2D eigenvalue weighted by Crippen LogP contribution is -2.23. The van der Waals surface area contributed by atoms with Crippen LogP contribution in [0.2, 0.25) is 0 Å². The van der Waals surface area contributed by atoms with Crippen LogP contribution in [0.5, 0.6) is 17.4 Å². The maximum atomic E-state index is 5.86. The normalized spacial score (nSPS) is 15.5. The monoisotopic (exact) mass is 237 g/mol. The molecule has 0 amide bonds. The maximum absolute atomic E-state index is 5.86. The molecule has 1 saturated carbocycles. The van der Waals surface area contributed by atoms with Crippen LogP contribution in [0.1, 0.15) is 33.6 Å². The molecule has 0 unspecified atom stereocenters. The minimum atomic E-state index is -0.270. The average molecular weight is 237 g/mol. The molecule has 4 nitrogen and oxygen atoms in total. The van der Waals surface area contributed by atoms with Gasteiger partial charge in [0, 0.05) is 12.3 Å². The number of rotatable bonds is 4. The highest BCUT2D eigenvalue weighted by Gasteiger charge is 2.28. The zero-order valence-corrected chi connectivity index (χ0v) is 10.8. The van der Waals surface area contributed by atoms with Gasteiger partial charge in [0.2, 0.25) is 5.75 Å². The SMILES string of the molecule is COc1nccc(OC(C)(C)C)c1OC1CC1. The standard InChI is InChI=1S/C13H19NO3/c1-13(2,3)17-10-7-8-14-12(15-4)11(10)16-9-5-6-9/h7-9H,5-6H2,1-4H3. The summed E-state index contributed by atoms with van der Waals surface area (Å²) in [4.78, 5) is 4.14. The van der Waals surface area contributed by atoms with E-state index < -0.39 is 0 Å². The van der Waals surface area contributed by atoms with Crippen LogP contribution >= 0.6 is 0 Å². The Hall–Kier alpha value is -1.45. The summed E-state index contributed by atoms with van der Waals surface area (Å²) in [5, 5.41) is 0. The van der Waals surface area contributed by atoms with Crippen molar-refractivity contribution in [1.29, 1.82) is 0 Å². The van der Waals surface area contributed by atoms with E-state index in [-0.39, 0.29) is 11.7 Å². The highest BCUT2D eigenvalue weighted by atomic mass is 16.6. The fraction of sp³-hybridized carbons (Fsp3) is 0.615. The molecular formula is C13H19NO3. The summed E-state index contributed by atoms with van der Waals surface area (Å²) in [5.74, 6) is 1.79. The summed E-state index contributed by atoms with van der Waals surface area (Å²) in [6.45, 7) is 6.00. The first-order valence-corrected chi connectivity index (χ1v) is 5.88. The van der Waals surface area contributed by atoms with Crippen molar-refractivity contribution in [2.45, 2.75) is 45.3 Å². The van der Waals surface area contributed by atoms with Crippen molar-refractivity contribution in [2.75, 3.05) is 7.11 Å². The Morgan fingerprint density at radius 3 is 2.53 bits per heavy atom. The number of nitrogens with zero attached hydrogens (tertiary/aromatic N) is 1. The van der Waals surface area contributed by atoms with Crippen LogP contribution < -0.4 is 14.2 Å². The number of hydrogen-bond acceptors (Lipinski definition) is 4. The molecule has 4 heteroatoms. The highest BCUT2D eigenvalue weighted by molar-refractivity contribution is 5.47. The summed E-state index contributed by atoms with van der Waals surface area (Å²) in [5.41, 5.74) is -0.270. The predicted octanol–water partition coefficient (Wildman–Crippen LogP) is 2.81. The van der Waals surface area contributed by atoms with Gasteiger partial charge in [-0.3, -0.25) is 0 Å². The van der Waals surface area contributed by atoms with E-state index in [4.69, 9.17) is 14.2 Å². The Bertz CT molecular complexity index is 394. The molecule has 0 N–H and O–H groups in total. The molecule has 0 spiro atoms. The van der Waals surface area contributed by atoms with Crippen LogP contribution in [-0.2, 0) is 0 Å². The zero-order valence-electron chi connectivity index (χ0n) is 10.8. The molecule has 2 rings (SSSR count). The van der Waals surface area contributed by atoms with E-state index in [9.17, 15) is 0 Å². The number of hydrogen-bond donors (Lipinski definition) is 0. The average Bonchev–Trinajstić information content (AvgIpc) is 3.02. The van der Waals surface area contributed by atoms with Crippen LogP contribution in [0.3, 0.4) is 0 Å². The van der Waals surface area contributed by atoms with Crippen molar-refractivity contribution in [3.63, 3.8) is 0 Å². The van der Waals surface area contributed by atoms with Crippen molar-refractivity contribution < 1.29 is 14.2 Å². The molecule has 0 atom stereocenters. The minimum absolute atomic E-state index is 0.270. The third-order valence-electron chi connectivity index (χ3n) is 2.25. The summed E-state index contributed by atoms with van der Waals surface area (Å²) >= 11 is 0. The first kappa shape index (κ1) is 12.0. The van der Waals surface area contributed by atoms with Crippen LogP contribution in [0.25, 0.3) is 0 Å². The fourth-order valence-electron chi connectivity index (χ4n) is 1.43. The van der Waals surface area contributed by atoms with Gasteiger partial charge in [-0.2, -0.15) is 0 Å². The molecule has 94 valence electrons. The van der Waals surface area contributed by atoms with Crippen LogP contribution in [-0.4, -0.2) is 23.8 Å². The van der Waals surface area contributed by atoms with E-state index >= 15 is 0 Å². The number of methoxy groups -OCH3 is 1. The predicted molar refractivity (Wildman–Crippen MR) is 64.8 cm³/mol. The molecular weight excluding hydrogens is 218 g/mol. The molecule has 17 heavy (non-hydrogen) atoms. The van der Waals surface area contributed by atoms with Gasteiger partial charge in [0.05, 0.1) is 13.2 Å². The third-order valence-corrected chi connectivity index (χ3v) is 2.25. The maximum Gasteiger partial charge on any atom is 0.260 e. The lowest BCUT2D eigenvalue weighted by Gasteiger charge is -2.23. The van der Waals surface area contributed by atoms with Crippen LogP contribution in [0, 0.1) is 0 Å². The molecule has 1 aliphatic carbocycles. The van der Waals surface area contributed by atoms with Gasteiger partial charge >= 0.3 is 0 Å². The Kier molecular flexibility index (Phi) is 3.13. The Morgan fingerprint density at radius 1 is 1.29 bits per heavy atom. The molecule has 0 aromatic carbocycles. The minimum Gasteiger partial charge on any atom is -0.484 e. The van der Waals surface area contributed by atoms with E-state index in [0.717, 1.165) is 12.8 Å². The molecule has 1 heterocycles. The van der Waals surface area contributed by atoms with E-state index in [1.165, 1.54) is 0 Å². The van der Waals surface area contributed by atoms with Crippen molar-refractivity contribution >= 4 is 0 Å². The Balaban J connectivity index is 2.28. The molecule has 1 aromatic rings. The highest BCUT2D eigenvalue weighted by Crippen LogP contribution is 2.40. The first-order valence-electron chi connectivity index (χ1n) is 5.88. The first-order chi connectivity index (χ1) is 7.99. The molecule has 1 aromatic heterocycles. The van der Waals surface area contributed by atoms with E-state index in [1.54, 1.807) is 13.3 Å². The van der Waals surface area contributed by atoms with E-state index in [2.05, 4.69) is 4.98 Å². The summed E-state index contributed by atoms with van der Waals surface area (Å²) in [6.07, 6.45) is 4.13. The molecule has 1 aliphatic rings. The van der Waals surface area contributed by atoms with Crippen LogP contribution in [0.4, 0.5) is 0 Å². The zero-order chi connectivity index (χ0) is 12.5. The summed E-state index contributed by atoms with van der Waals surface area (Å²) in [7, 11) is 1.59. The Labute approximate surface area is 102 Å². The molecule has 0 radical (unpaired) electrons. The Morgan fingerprint density at radius 2 is 2.00 bits per heavy atom. The van der Waals surface area contributed by atoms with Crippen molar-refractivity contribution in [2.24, 2.45) is 0 Å². The second-order valence-corrected chi connectivity index (χ2v) is 5.18. The van der Waals surface area contributed by atoms with Crippen molar-refractivity contribution in [3.8, 4) is 17.4 Å². The van der Waals surface area contributed by atoms with Gasteiger partial charge in [0.1, 0.15) is 5.60 Å². The summed E-state index contributed by atoms with van der Waals surface area (Å²) in [6, 6.07) is 1.81. The van der Waals surface area contributed by atoms with Crippen LogP contribution in [0.15, 0.2) is 12.3 Å². The third kappa shape index (κ3) is 3.25. The smallest absolute Gasteiger partial charge is 0.260 e. The quantitative estimate of drug-likeness (QED) is 0.807. The van der Waals surface area contributed by atoms with Gasteiger partial charge < -0.3 is 14.2 Å². The largest absolute Gasteiger partial charge is 0.484 e. The molecule has 1 fully saturated rings. The van der Waals surface area contributed by atoms with Gasteiger partial charge in [-0.15, -0.1) is 0 Å². The molecule has 0 aliphatic heterocycles. The van der Waals surface area contributed by atoms with Gasteiger partial charge in [0.25, 0.3) is 5.88 Å². The molecule has 0 bridgehead atoms. The van der Waals surface area contributed by atoms with E-state index in [1.807, 2.05) is 26.8 Å². The second kappa shape index (κ2) is 4.43. The van der Waals surface area contributed by atoms with Gasteiger partial charge in [-0.25, -0.2) is 4.98 Å². The molecule has 0 saturated heterocycles. The second-order valence-electron chi connectivity index (χ2n) is 5.18. The van der Waals surface area contributed by atoms with Crippen molar-refractivity contribution in [3.05, 3.63) is 12.3 Å². The number of ether oxygens (including phenoxy) is 3. The topological polar surface area (TPSA) is 40.6 Å². The number of pyridine rings is 1. The van der Waals surface area contributed by atoms with Gasteiger partial charge in [-0.05, 0) is 33.6 Å².